The molecule has 2 aliphatic rings. The first-order valence-electron chi connectivity index (χ1n) is 6.92. The van der Waals surface area contributed by atoms with E-state index in [1.165, 1.54) is 12.5 Å². The van der Waals surface area contributed by atoms with E-state index in [1.807, 2.05) is 0 Å². The molecule has 1 heterocycles. The standard InChI is InChI=1S/C15H24O3/c1-5-14-13-7-15(9-18-14,8-17-12(4)16)11(3)6-10(13)2/h6,11,13-14H,5,7-9H2,1-4H3/t11-,13+,14+,15-/m1/s1. The van der Waals surface area contributed by atoms with E-state index in [2.05, 4.69) is 26.8 Å². The van der Waals surface area contributed by atoms with Crippen LogP contribution in [0.4, 0.5) is 0 Å². The highest BCUT2D eigenvalue weighted by atomic mass is 16.5. The lowest BCUT2D eigenvalue weighted by atomic mass is 9.62. The maximum Gasteiger partial charge on any atom is 0.302 e. The second kappa shape index (κ2) is 5.04. The molecule has 2 bridgehead atoms. The molecule has 1 fully saturated rings. The maximum atomic E-state index is 11.1. The van der Waals surface area contributed by atoms with Gasteiger partial charge < -0.3 is 9.47 Å². The van der Waals surface area contributed by atoms with Crippen molar-refractivity contribution in [3.05, 3.63) is 11.6 Å². The van der Waals surface area contributed by atoms with Gasteiger partial charge in [0, 0.05) is 18.3 Å². The normalized spacial score (nSPS) is 39.1. The number of carbonyl (C=O) groups is 1. The molecule has 0 spiro atoms. The lowest BCUT2D eigenvalue weighted by Gasteiger charge is -2.50. The van der Waals surface area contributed by atoms with Crippen molar-refractivity contribution in [2.45, 2.75) is 46.6 Å². The summed E-state index contributed by atoms with van der Waals surface area (Å²) in [6.07, 6.45) is 4.82. The Morgan fingerprint density at radius 1 is 1.61 bits per heavy atom. The average molecular weight is 252 g/mol. The molecule has 0 radical (unpaired) electrons. The first-order valence-corrected chi connectivity index (χ1v) is 6.92. The maximum absolute atomic E-state index is 11.1. The van der Waals surface area contributed by atoms with Gasteiger partial charge in [0.15, 0.2) is 0 Å². The van der Waals surface area contributed by atoms with Crippen LogP contribution >= 0.6 is 0 Å². The third-order valence-corrected chi connectivity index (χ3v) is 4.69. The molecule has 0 unspecified atom stereocenters. The van der Waals surface area contributed by atoms with Gasteiger partial charge in [0.25, 0.3) is 0 Å². The topological polar surface area (TPSA) is 35.5 Å². The number of hydrogen-bond acceptors (Lipinski definition) is 3. The molecule has 2 rings (SSSR count). The predicted octanol–water partition coefficient (Wildman–Crippen LogP) is 2.95. The molecule has 1 saturated heterocycles. The minimum absolute atomic E-state index is 0.0124. The third kappa shape index (κ3) is 2.33. The SMILES string of the molecule is CC[C@@H]1OC[C@]2(COC(C)=O)C[C@H]1C(C)=C[C@H]2C. The summed E-state index contributed by atoms with van der Waals surface area (Å²) in [6.45, 7) is 9.25. The first-order chi connectivity index (χ1) is 8.48. The Balaban J connectivity index is 2.19. The lowest BCUT2D eigenvalue weighted by molar-refractivity contribution is -0.161. The van der Waals surface area contributed by atoms with Gasteiger partial charge in [-0.15, -0.1) is 0 Å². The second-order valence-corrected chi connectivity index (χ2v) is 5.91. The summed E-state index contributed by atoms with van der Waals surface area (Å²) in [4.78, 5) is 11.1. The van der Waals surface area contributed by atoms with E-state index >= 15 is 0 Å². The van der Waals surface area contributed by atoms with Gasteiger partial charge in [0.05, 0.1) is 19.3 Å². The van der Waals surface area contributed by atoms with E-state index < -0.39 is 0 Å². The molecule has 0 saturated carbocycles. The molecule has 3 nitrogen and oxygen atoms in total. The number of allylic oxidation sites excluding steroid dienone is 1. The van der Waals surface area contributed by atoms with Crippen LogP contribution in [0.3, 0.4) is 0 Å². The smallest absolute Gasteiger partial charge is 0.302 e. The van der Waals surface area contributed by atoms with E-state index in [9.17, 15) is 4.79 Å². The van der Waals surface area contributed by atoms with Crippen molar-refractivity contribution in [1.29, 1.82) is 0 Å². The summed E-state index contributed by atoms with van der Waals surface area (Å²) in [6, 6.07) is 0. The predicted molar refractivity (Wildman–Crippen MR) is 70.1 cm³/mol. The number of hydrogen-bond donors (Lipinski definition) is 0. The monoisotopic (exact) mass is 252 g/mol. The minimum Gasteiger partial charge on any atom is -0.465 e. The summed E-state index contributed by atoms with van der Waals surface area (Å²) >= 11 is 0. The van der Waals surface area contributed by atoms with Crippen molar-refractivity contribution in [2.75, 3.05) is 13.2 Å². The molecule has 0 amide bonds. The Bertz CT molecular complexity index is 361. The summed E-state index contributed by atoms with van der Waals surface area (Å²) < 4.78 is 11.3. The van der Waals surface area contributed by atoms with Gasteiger partial charge in [-0.2, -0.15) is 0 Å². The molecule has 3 heteroatoms. The van der Waals surface area contributed by atoms with E-state index in [1.54, 1.807) is 0 Å². The fourth-order valence-corrected chi connectivity index (χ4v) is 3.36. The van der Waals surface area contributed by atoms with Gasteiger partial charge in [-0.3, -0.25) is 4.79 Å². The summed E-state index contributed by atoms with van der Waals surface area (Å²) in [5.41, 5.74) is 1.43. The number of fused-ring (bicyclic) bond motifs is 2. The molecule has 102 valence electrons. The Hall–Kier alpha value is -0.830. The Morgan fingerprint density at radius 2 is 2.33 bits per heavy atom. The van der Waals surface area contributed by atoms with Crippen molar-refractivity contribution >= 4 is 5.97 Å². The third-order valence-electron chi connectivity index (χ3n) is 4.69. The van der Waals surface area contributed by atoms with Crippen molar-refractivity contribution < 1.29 is 14.3 Å². The van der Waals surface area contributed by atoms with Crippen LogP contribution in [0.15, 0.2) is 11.6 Å². The summed E-state index contributed by atoms with van der Waals surface area (Å²) in [5, 5.41) is 0. The molecule has 0 aromatic carbocycles. The van der Waals surface area contributed by atoms with Crippen molar-refractivity contribution in [3.63, 3.8) is 0 Å². The van der Waals surface area contributed by atoms with Crippen LogP contribution in [0, 0.1) is 17.3 Å². The van der Waals surface area contributed by atoms with Crippen molar-refractivity contribution in [2.24, 2.45) is 17.3 Å². The highest BCUT2D eigenvalue weighted by Crippen LogP contribution is 2.49. The zero-order chi connectivity index (χ0) is 13.3. The minimum atomic E-state index is -0.197. The molecular formula is C15H24O3. The Labute approximate surface area is 110 Å². The zero-order valence-corrected chi connectivity index (χ0v) is 11.9. The van der Waals surface area contributed by atoms with Gasteiger partial charge in [-0.05, 0) is 25.7 Å². The average Bonchev–Trinajstić information content (AvgIpc) is 2.34. The summed E-state index contributed by atoms with van der Waals surface area (Å²) in [7, 11) is 0. The number of ether oxygens (including phenoxy) is 2. The molecule has 4 atom stereocenters. The van der Waals surface area contributed by atoms with Gasteiger partial charge in [0.1, 0.15) is 0 Å². The van der Waals surface area contributed by atoms with E-state index in [-0.39, 0.29) is 11.4 Å². The van der Waals surface area contributed by atoms with Crippen LogP contribution in [0.25, 0.3) is 0 Å². The van der Waals surface area contributed by atoms with Crippen LogP contribution < -0.4 is 0 Å². The van der Waals surface area contributed by atoms with Gasteiger partial charge >= 0.3 is 5.97 Å². The van der Waals surface area contributed by atoms with E-state index in [0.29, 0.717) is 31.2 Å². The molecule has 0 N–H and O–H groups in total. The second-order valence-electron chi connectivity index (χ2n) is 5.91. The molecular weight excluding hydrogens is 228 g/mol. The first kappa shape index (κ1) is 13.6. The Kier molecular flexibility index (Phi) is 3.81. The molecule has 0 aromatic rings. The summed E-state index contributed by atoms with van der Waals surface area (Å²) in [5.74, 6) is 0.707. The van der Waals surface area contributed by atoms with Crippen LogP contribution in [0.1, 0.15) is 40.5 Å². The van der Waals surface area contributed by atoms with Gasteiger partial charge in [-0.25, -0.2) is 0 Å². The van der Waals surface area contributed by atoms with Gasteiger partial charge in [0.2, 0.25) is 0 Å². The van der Waals surface area contributed by atoms with Crippen molar-refractivity contribution in [3.8, 4) is 0 Å². The largest absolute Gasteiger partial charge is 0.465 e. The molecule has 1 aliphatic heterocycles. The molecule has 0 aromatic heterocycles. The van der Waals surface area contributed by atoms with Crippen molar-refractivity contribution in [1.82, 2.24) is 0 Å². The van der Waals surface area contributed by atoms with Crippen LogP contribution in [-0.4, -0.2) is 25.3 Å². The number of rotatable bonds is 3. The molecule has 1 aliphatic carbocycles. The molecule has 18 heavy (non-hydrogen) atoms. The van der Waals surface area contributed by atoms with Crippen LogP contribution in [-0.2, 0) is 14.3 Å². The fourth-order valence-electron chi connectivity index (χ4n) is 3.36. The highest BCUT2D eigenvalue weighted by Gasteiger charge is 2.48. The van der Waals surface area contributed by atoms with Gasteiger partial charge in [-0.1, -0.05) is 25.5 Å². The number of esters is 1. The van der Waals surface area contributed by atoms with Crippen LogP contribution in [0.5, 0.6) is 0 Å². The quantitative estimate of drug-likeness (QED) is 0.572. The number of carbonyl (C=O) groups excluding carboxylic acids is 1. The fraction of sp³-hybridized carbons (Fsp3) is 0.800. The van der Waals surface area contributed by atoms with E-state index in [0.717, 1.165) is 12.8 Å². The van der Waals surface area contributed by atoms with Crippen LogP contribution in [0.2, 0.25) is 0 Å². The Morgan fingerprint density at radius 3 is 2.94 bits per heavy atom. The lowest BCUT2D eigenvalue weighted by Crippen LogP contribution is -2.50. The highest BCUT2D eigenvalue weighted by molar-refractivity contribution is 5.65. The van der Waals surface area contributed by atoms with E-state index in [4.69, 9.17) is 9.47 Å². The zero-order valence-electron chi connectivity index (χ0n) is 11.9.